The zero-order chi connectivity index (χ0) is 19.3. The summed E-state index contributed by atoms with van der Waals surface area (Å²) in [6.07, 6.45) is 7.87. The molecular formula is C21H21ClFN3OS. The molecule has 0 saturated heterocycles. The van der Waals surface area contributed by atoms with Crippen LogP contribution in [-0.4, -0.2) is 16.0 Å². The average molecular weight is 418 g/mol. The van der Waals surface area contributed by atoms with E-state index in [0.717, 1.165) is 16.3 Å². The highest BCUT2D eigenvalue weighted by Crippen LogP contribution is 2.34. The van der Waals surface area contributed by atoms with Gasteiger partial charge in [-0.05, 0) is 61.0 Å². The Labute approximate surface area is 172 Å². The van der Waals surface area contributed by atoms with E-state index in [2.05, 4.69) is 15.3 Å². The van der Waals surface area contributed by atoms with Gasteiger partial charge in [0, 0.05) is 24.3 Å². The highest BCUT2D eigenvalue weighted by molar-refractivity contribution is 7.99. The molecule has 4 nitrogen and oxygen atoms in total. The molecule has 1 fully saturated rings. The van der Waals surface area contributed by atoms with E-state index < -0.39 is 0 Å². The predicted octanol–water partition coefficient (Wildman–Crippen LogP) is 6.10. The summed E-state index contributed by atoms with van der Waals surface area (Å²) in [6, 6.07) is 10.3. The molecule has 7 heteroatoms. The van der Waals surface area contributed by atoms with Crippen LogP contribution in [0.25, 0.3) is 11.5 Å². The number of nitrogens with zero attached hydrogens (tertiary/aromatic N) is 2. The maximum absolute atomic E-state index is 13.2. The van der Waals surface area contributed by atoms with Gasteiger partial charge in [-0.2, -0.15) is 0 Å². The first-order chi connectivity index (χ1) is 13.7. The van der Waals surface area contributed by atoms with Crippen LogP contribution in [0.15, 0.2) is 57.1 Å². The average Bonchev–Trinajstić information content (AvgIpc) is 3.12. The van der Waals surface area contributed by atoms with Crippen LogP contribution >= 0.6 is 23.4 Å². The molecule has 0 atom stereocenters. The van der Waals surface area contributed by atoms with E-state index in [1.165, 1.54) is 56.0 Å². The van der Waals surface area contributed by atoms with Gasteiger partial charge in [-0.25, -0.2) is 14.4 Å². The van der Waals surface area contributed by atoms with Crippen LogP contribution in [0.3, 0.4) is 0 Å². The van der Waals surface area contributed by atoms with Gasteiger partial charge in [0.15, 0.2) is 5.09 Å². The third-order valence-electron chi connectivity index (χ3n) is 4.81. The van der Waals surface area contributed by atoms with E-state index in [9.17, 15) is 4.39 Å². The number of benzene rings is 1. The molecule has 146 valence electrons. The summed E-state index contributed by atoms with van der Waals surface area (Å²) in [5, 5.41) is 5.68. The van der Waals surface area contributed by atoms with E-state index in [-0.39, 0.29) is 5.82 Å². The predicted molar refractivity (Wildman–Crippen MR) is 109 cm³/mol. The second-order valence-electron chi connectivity index (χ2n) is 6.89. The van der Waals surface area contributed by atoms with Crippen LogP contribution in [0, 0.1) is 5.82 Å². The third-order valence-corrected chi connectivity index (χ3v) is 5.99. The zero-order valence-electron chi connectivity index (χ0n) is 15.3. The molecule has 1 saturated carbocycles. The highest BCUT2D eigenvalue weighted by atomic mass is 35.5. The molecule has 0 unspecified atom stereocenters. The quantitative estimate of drug-likeness (QED) is 0.524. The van der Waals surface area contributed by atoms with E-state index in [0.29, 0.717) is 28.6 Å². The maximum atomic E-state index is 13.2. The normalized spacial score (nSPS) is 15.1. The summed E-state index contributed by atoms with van der Waals surface area (Å²) < 4.78 is 19.3. The fourth-order valence-corrected chi connectivity index (χ4v) is 4.21. The SMILES string of the molecule is Fc1ccc(-c2nc(CNC3CCCCC3)c(Sc3ccc(Cl)cn3)o2)cc1. The number of aromatic nitrogens is 2. The molecule has 0 spiro atoms. The minimum atomic E-state index is -0.283. The van der Waals surface area contributed by atoms with Crippen LogP contribution < -0.4 is 5.32 Å². The molecule has 0 radical (unpaired) electrons. The molecule has 1 aliphatic carbocycles. The number of halogens is 2. The first-order valence-corrected chi connectivity index (χ1v) is 10.7. The summed E-state index contributed by atoms with van der Waals surface area (Å²) in [5.74, 6) is 0.200. The van der Waals surface area contributed by atoms with Gasteiger partial charge in [0.05, 0.1) is 5.02 Å². The Bertz CT molecular complexity index is 908. The van der Waals surface area contributed by atoms with Crippen molar-refractivity contribution < 1.29 is 8.81 Å². The Kier molecular flexibility index (Phi) is 6.29. The van der Waals surface area contributed by atoms with Crippen molar-refractivity contribution >= 4 is 23.4 Å². The number of oxazole rings is 1. The van der Waals surface area contributed by atoms with Gasteiger partial charge in [0.25, 0.3) is 0 Å². The van der Waals surface area contributed by atoms with Crippen LogP contribution in [0.1, 0.15) is 37.8 Å². The molecule has 28 heavy (non-hydrogen) atoms. The smallest absolute Gasteiger partial charge is 0.227 e. The van der Waals surface area contributed by atoms with Gasteiger partial charge in [-0.3, -0.25) is 0 Å². The Morgan fingerprint density at radius 3 is 2.61 bits per heavy atom. The number of hydrogen-bond acceptors (Lipinski definition) is 5. The van der Waals surface area contributed by atoms with Gasteiger partial charge >= 0.3 is 0 Å². The summed E-state index contributed by atoms with van der Waals surface area (Å²) in [4.78, 5) is 9.01. The molecule has 1 aromatic carbocycles. The molecule has 2 heterocycles. The lowest BCUT2D eigenvalue weighted by Gasteiger charge is -2.22. The van der Waals surface area contributed by atoms with Crippen LogP contribution in [0.2, 0.25) is 5.02 Å². The van der Waals surface area contributed by atoms with E-state index in [1.54, 1.807) is 24.4 Å². The highest BCUT2D eigenvalue weighted by Gasteiger charge is 2.19. The van der Waals surface area contributed by atoms with E-state index in [4.69, 9.17) is 16.0 Å². The molecule has 0 bridgehead atoms. The molecule has 4 rings (SSSR count). The van der Waals surface area contributed by atoms with Crippen molar-refractivity contribution in [2.75, 3.05) is 0 Å². The van der Waals surface area contributed by atoms with Gasteiger partial charge in [-0.15, -0.1) is 0 Å². The largest absolute Gasteiger partial charge is 0.429 e. The standard InChI is InChI=1S/C21H21ClFN3OS/c22-15-8-11-19(25-12-15)28-21-18(13-24-17-4-2-1-3-5-17)26-20(27-21)14-6-9-16(23)10-7-14/h6-12,17,24H,1-5,13H2. The molecule has 0 aliphatic heterocycles. The summed E-state index contributed by atoms with van der Waals surface area (Å²) in [7, 11) is 0. The van der Waals surface area contributed by atoms with Crippen LogP contribution in [0.4, 0.5) is 4.39 Å². The van der Waals surface area contributed by atoms with Crippen LogP contribution in [0.5, 0.6) is 0 Å². The van der Waals surface area contributed by atoms with Crippen molar-refractivity contribution in [1.82, 2.24) is 15.3 Å². The van der Waals surface area contributed by atoms with Gasteiger partial charge < -0.3 is 9.73 Å². The Morgan fingerprint density at radius 2 is 1.89 bits per heavy atom. The second kappa shape index (κ2) is 9.07. The number of hydrogen-bond donors (Lipinski definition) is 1. The fraction of sp³-hybridized carbons (Fsp3) is 0.333. The first kappa shape index (κ1) is 19.4. The molecular weight excluding hydrogens is 397 g/mol. The van der Waals surface area contributed by atoms with Crippen molar-refractivity contribution in [3.8, 4) is 11.5 Å². The fourth-order valence-electron chi connectivity index (χ4n) is 3.31. The summed E-state index contributed by atoms with van der Waals surface area (Å²) in [6.45, 7) is 0.630. The van der Waals surface area contributed by atoms with Crippen molar-refractivity contribution in [1.29, 1.82) is 0 Å². The Balaban J connectivity index is 1.57. The molecule has 2 aromatic heterocycles. The van der Waals surface area contributed by atoms with Crippen molar-refractivity contribution in [3.63, 3.8) is 0 Å². The first-order valence-electron chi connectivity index (χ1n) is 9.46. The third kappa shape index (κ3) is 4.93. The van der Waals surface area contributed by atoms with E-state index in [1.807, 2.05) is 6.07 Å². The lowest BCUT2D eigenvalue weighted by molar-refractivity contribution is 0.368. The molecule has 1 aliphatic rings. The van der Waals surface area contributed by atoms with Crippen LogP contribution in [-0.2, 0) is 6.54 Å². The van der Waals surface area contributed by atoms with Gasteiger partial charge in [0.2, 0.25) is 5.89 Å². The zero-order valence-corrected chi connectivity index (χ0v) is 16.9. The number of pyridine rings is 1. The summed E-state index contributed by atoms with van der Waals surface area (Å²) >= 11 is 7.35. The minimum absolute atomic E-state index is 0.283. The van der Waals surface area contributed by atoms with Gasteiger partial charge in [-0.1, -0.05) is 30.9 Å². The Hall–Kier alpha value is -1.89. The van der Waals surface area contributed by atoms with E-state index >= 15 is 0 Å². The minimum Gasteiger partial charge on any atom is -0.429 e. The van der Waals surface area contributed by atoms with Crippen molar-refractivity contribution in [2.24, 2.45) is 0 Å². The number of rotatable bonds is 6. The monoisotopic (exact) mass is 417 g/mol. The molecule has 1 N–H and O–H groups in total. The molecule has 0 amide bonds. The lowest BCUT2D eigenvalue weighted by atomic mass is 9.95. The maximum Gasteiger partial charge on any atom is 0.227 e. The topological polar surface area (TPSA) is 51.0 Å². The van der Waals surface area contributed by atoms with Gasteiger partial charge in [0.1, 0.15) is 16.5 Å². The second-order valence-corrected chi connectivity index (χ2v) is 8.32. The lowest BCUT2D eigenvalue weighted by Crippen LogP contribution is -2.30. The molecule has 3 aromatic rings. The van der Waals surface area contributed by atoms with Crippen molar-refractivity contribution in [3.05, 3.63) is 59.1 Å². The summed E-state index contributed by atoms with van der Waals surface area (Å²) in [5.41, 5.74) is 1.59. The van der Waals surface area contributed by atoms with Crippen molar-refractivity contribution in [2.45, 2.75) is 54.8 Å². The Morgan fingerprint density at radius 1 is 1.11 bits per heavy atom. The number of nitrogens with one attached hydrogen (secondary N) is 1.